The first-order valence-corrected chi connectivity index (χ1v) is 6.78. The number of likely N-dealkylation sites (N-methyl/N-ethyl adjacent to an activating group) is 1. The Morgan fingerprint density at radius 2 is 2.00 bits per heavy atom. The van der Waals surface area contributed by atoms with Crippen LogP contribution in [-0.4, -0.2) is 51.0 Å². The first-order valence-electron chi connectivity index (χ1n) is 6.78. The quantitative estimate of drug-likeness (QED) is 0.475. The Kier molecular flexibility index (Phi) is 4.50. The molecule has 0 aromatic heterocycles. The summed E-state index contributed by atoms with van der Waals surface area (Å²) in [6.07, 6.45) is 1.01. The van der Waals surface area contributed by atoms with Crippen molar-refractivity contribution in [2.45, 2.75) is 6.42 Å². The predicted molar refractivity (Wildman–Crippen MR) is 77.0 cm³/mol. The van der Waals surface area contributed by atoms with Gasteiger partial charge in [-0.25, -0.2) is 0 Å². The van der Waals surface area contributed by atoms with Crippen molar-refractivity contribution in [3.05, 3.63) is 18.2 Å². The molecule has 1 heterocycles. The maximum atomic E-state index is 5.85. The summed E-state index contributed by atoms with van der Waals surface area (Å²) in [5.41, 5.74) is 12.8. The highest BCUT2D eigenvalue weighted by molar-refractivity contribution is 5.60. The number of quaternary nitrogens is 1. The third kappa shape index (κ3) is 4.01. The normalized spacial score (nSPS) is 18.2. The zero-order chi connectivity index (χ0) is 13.7. The van der Waals surface area contributed by atoms with Gasteiger partial charge in [0.2, 0.25) is 0 Å². The lowest BCUT2D eigenvalue weighted by atomic mass is 10.2. The lowest BCUT2D eigenvalue weighted by Gasteiger charge is -2.37. The van der Waals surface area contributed by atoms with Crippen molar-refractivity contribution in [2.24, 2.45) is 0 Å². The van der Waals surface area contributed by atoms with Gasteiger partial charge in [0.25, 0.3) is 0 Å². The van der Waals surface area contributed by atoms with Gasteiger partial charge in [0.1, 0.15) is 18.8 Å². The van der Waals surface area contributed by atoms with Crippen molar-refractivity contribution < 1.29 is 14.0 Å². The van der Waals surface area contributed by atoms with Crippen LogP contribution in [0.2, 0.25) is 0 Å². The van der Waals surface area contributed by atoms with E-state index in [9.17, 15) is 0 Å². The van der Waals surface area contributed by atoms with Gasteiger partial charge in [0.05, 0.1) is 39.1 Å². The lowest BCUT2D eigenvalue weighted by molar-refractivity contribution is -0.917. The molecule has 19 heavy (non-hydrogen) atoms. The highest BCUT2D eigenvalue weighted by atomic mass is 16.5. The Balaban J connectivity index is 1.74. The smallest absolute Gasteiger partial charge is 0.142 e. The fraction of sp³-hybridized carbons (Fsp3) is 0.571. The first kappa shape index (κ1) is 14.0. The molecule has 2 rings (SSSR count). The molecule has 5 heteroatoms. The molecule has 106 valence electrons. The Hall–Kier alpha value is -1.46. The van der Waals surface area contributed by atoms with Gasteiger partial charge in [-0.05, 0) is 18.2 Å². The van der Waals surface area contributed by atoms with Crippen molar-refractivity contribution in [1.82, 2.24) is 0 Å². The lowest BCUT2D eigenvalue weighted by Crippen LogP contribution is -2.52. The minimum atomic E-state index is 0.603. The molecular formula is C14H24N3O2+. The zero-order valence-corrected chi connectivity index (χ0v) is 11.6. The van der Waals surface area contributed by atoms with E-state index in [1.165, 1.54) is 0 Å². The number of morpholine rings is 1. The fourth-order valence-electron chi connectivity index (χ4n) is 2.33. The van der Waals surface area contributed by atoms with E-state index in [4.69, 9.17) is 20.9 Å². The van der Waals surface area contributed by atoms with Crippen LogP contribution in [0, 0.1) is 0 Å². The van der Waals surface area contributed by atoms with Crippen LogP contribution in [0.5, 0.6) is 5.75 Å². The summed E-state index contributed by atoms with van der Waals surface area (Å²) in [5.74, 6) is 0.721. The number of nitrogen functional groups attached to an aromatic ring is 2. The van der Waals surface area contributed by atoms with Crippen LogP contribution in [-0.2, 0) is 4.74 Å². The maximum Gasteiger partial charge on any atom is 0.142 e. The number of hydrogen-bond acceptors (Lipinski definition) is 4. The molecule has 0 unspecified atom stereocenters. The van der Waals surface area contributed by atoms with E-state index >= 15 is 0 Å². The molecule has 0 radical (unpaired) electrons. The topological polar surface area (TPSA) is 70.5 Å². The summed E-state index contributed by atoms with van der Waals surface area (Å²) in [5, 5.41) is 0. The first-order chi connectivity index (χ1) is 9.09. The number of nitrogens with zero attached hydrogens (tertiary/aromatic N) is 1. The fourth-order valence-corrected chi connectivity index (χ4v) is 2.33. The molecule has 1 aliphatic rings. The summed E-state index contributed by atoms with van der Waals surface area (Å²) in [6, 6.07) is 5.36. The van der Waals surface area contributed by atoms with Gasteiger partial charge < -0.3 is 25.4 Å². The van der Waals surface area contributed by atoms with E-state index < -0.39 is 0 Å². The van der Waals surface area contributed by atoms with Crippen LogP contribution < -0.4 is 16.2 Å². The van der Waals surface area contributed by atoms with Gasteiger partial charge in [0, 0.05) is 12.1 Å². The molecule has 0 saturated carbocycles. The molecule has 0 amide bonds. The van der Waals surface area contributed by atoms with Gasteiger partial charge in [-0.3, -0.25) is 0 Å². The van der Waals surface area contributed by atoms with Crippen molar-refractivity contribution in [3.8, 4) is 5.75 Å². The Labute approximate surface area is 114 Å². The van der Waals surface area contributed by atoms with Crippen LogP contribution >= 0.6 is 0 Å². The molecule has 0 atom stereocenters. The van der Waals surface area contributed by atoms with E-state index in [0.717, 1.165) is 49.5 Å². The Morgan fingerprint density at radius 3 is 2.68 bits per heavy atom. The van der Waals surface area contributed by atoms with Crippen molar-refractivity contribution in [3.63, 3.8) is 0 Å². The number of benzene rings is 1. The highest BCUT2D eigenvalue weighted by Gasteiger charge is 2.24. The van der Waals surface area contributed by atoms with Crippen LogP contribution in [0.3, 0.4) is 0 Å². The Morgan fingerprint density at radius 1 is 1.26 bits per heavy atom. The van der Waals surface area contributed by atoms with E-state index in [-0.39, 0.29) is 0 Å². The minimum Gasteiger partial charge on any atom is -0.491 e. The number of hydrogen-bond donors (Lipinski definition) is 2. The van der Waals surface area contributed by atoms with Gasteiger partial charge >= 0.3 is 0 Å². The van der Waals surface area contributed by atoms with Crippen LogP contribution in [0.15, 0.2) is 18.2 Å². The number of rotatable bonds is 5. The molecule has 0 aliphatic carbocycles. The van der Waals surface area contributed by atoms with E-state index in [1.54, 1.807) is 6.07 Å². The minimum absolute atomic E-state index is 0.603. The predicted octanol–water partition coefficient (Wildman–Crippen LogP) is 1.10. The maximum absolute atomic E-state index is 5.85. The van der Waals surface area contributed by atoms with Crippen molar-refractivity contribution >= 4 is 11.4 Å². The second kappa shape index (κ2) is 6.12. The average molecular weight is 266 g/mol. The second-order valence-corrected chi connectivity index (χ2v) is 5.40. The Bertz CT molecular complexity index is 417. The van der Waals surface area contributed by atoms with Gasteiger partial charge in [-0.15, -0.1) is 0 Å². The molecule has 1 saturated heterocycles. The second-order valence-electron chi connectivity index (χ2n) is 5.40. The molecule has 4 N–H and O–H groups in total. The highest BCUT2D eigenvalue weighted by Crippen LogP contribution is 2.23. The molecule has 1 aromatic carbocycles. The average Bonchev–Trinajstić information content (AvgIpc) is 2.37. The SMILES string of the molecule is C[N+]1(CCCOc2ccc(N)cc2N)CCOCC1. The summed E-state index contributed by atoms with van der Waals surface area (Å²) in [7, 11) is 2.28. The summed E-state index contributed by atoms with van der Waals surface area (Å²) < 4.78 is 12.2. The third-order valence-electron chi connectivity index (χ3n) is 3.68. The largest absolute Gasteiger partial charge is 0.491 e. The number of anilines is 2. The van der Waals surface area contributed by atoms with E-state index in [1.807, 2.05) is 12.1 Å². The van der Waals surface area contributed by atoms with Crippen LogP contribution in [0.25, 0.3) is 0 Å². The standard InChI is InChI=1S/C14H24N3O2/c1-17(6-9-18-10-7-17)5-2-8-19-14-4-3-12(15)11-13(14)16/h3-4,11H,2,5-10,15-16H2,1H3/q+1. The molecule has 5 nitrogen and oxygen atoms in total. The number of ether oxygens (including phenoxy) is 2. The zero-order valence-electron chi connectivity index (χ0n) is 11.6. The summed E-state index contributed by atoms with van der Waals surface area (Å²) >= 11 is 0. The summed E-state index contributed by atoms with van der Waals surface area (Å²) in [6.45, 7) is 5.69. The molecular weight excluding hydrogens is 242 g/mol. The van der Waals surface area contributed by atoms with Crippen LogP contribution in [0.1, 0.15) is 6.42 Å². The molecule has 0 bridgehead atoms. The monoisotopic (exact) mass is 266 g/mol. The van der Waals surface area contributed by atoms with Crippen molar-refractivity contribution in [1.29, 1.82) is 0 Å². The molecule has 1 aromatic rings. The van der Waals surface area contributed by atoms with Gasteiger partial charge in [-0.1, -0.05) is 0 Å². The molecule has 1 fully saturated rings. The third-order valence-corrected chi connectivity index (χ3v) is 3.68. The molecule has 0 spiro atoms. The van der Waals surface area contributed by atoms with Gasteiger partial charge in [0.15, 0.2) is 0 Å². The molecule has 1 aliphatic heterocycles. The van der Waals surface area contributed by atoms with Crippen molar-refractivity contribution in [2.75, 3.05) is 58.0 Å². The van der Waals surface area contributed by atoms with E-state index in [2.05, 4.69) is 7.05 Å². The van der Waals surface area contributed by atoms with Gasteiger partial charge in [-0.2, -0.15) is 0 Å². The van der Waals surface area contributed by atoms with E-state index in [0.29, 0.717) is 18.0 Å². The van der Waals surface area contributed by atoms with Crippen LogP contribution in [0.4, 0.5) is 11.4 Å². The number of nitrogens with two attached hydrogens (primary N) is 2. The summed E-state index contributed by atoms with van der Waals surface area (Å²) in [4.78, 5) is 0.